The zero-order valence-electron chi connectivity index (χ0n) is 17.1. The van der Waals surface area contributed by atoms with E-state index in [1.165, 1.54) is 6.92 Å². The maximum atomic E-state index is 13.6. The number of ether oxygens (including phenoxy) is 3. The van der Waals surface area contributed by atoms with E-state index >= 15 is 0 Å². The molecule has 1 aromatic rings. The van der Waals surface area contributed by atoms with Crippen molar-refractivity contribution < 1.29 is 49.0 Å². The van der Waals surface area contributed by atoms with Crippen LogP contribution in [0.25, 0.3) is 0 Å². The lowest BCUT2D eigenvalue weighted by atomic mass is 9.63. The number of aliphatic hydroxyl groups is 2. The lowest BCUT2D eigenvalue weighted by molar-refractivity contribution is -0.207. The molecule has 2 saturated heterocycles. The van der Waals surface area contributed by atoms with Gasteiger partial charge in [0.05, 0.1) is 42.0 Å². The molecule has 1 aromatic carbocycles. The predicted octanol–water partition coefficient (Wildman–Crippen LogP) is 0.504. The average Bonchev–Trinajstić information content (AvgIpc) is 3.09. The first kappa shape index (κ1) is 19.9. The molecule has 6 aliphatic rings. The molecule has 0 saturated carbocycles. The molecule has 10 heteroatoms. The van der Waals surface area contributed by atoms with Crippen LogP contribution < -0.4 is 0 Å². The van der Waals surface area contributed by atoms with Crippen LogP contribution in [-0.4, -0.2) is 68.0 Å². The topological polar surface area (TPSA) is 160 Å². The van der Waals surface area contributed by atoms with Gasteiger partial charge in [-0.2, -0.15) is 0 Å². The summed E-state index contributed by atoms with van der Waals surface area (Å²) < 4.78 is 16.7. The molecule has 0 aromatic heterocycles. The Morgan fingerprint density at radius 2 is 1.62 bits per heavy atom. The third kappa shape index (κ3) is 2.06. The maximum Gasteiger partial charge on any atom is 0.309 e. The Bertz CT molecular complexity index is 1170. The summed E-state index contributed by atoms with van der Waals surface area (Å²) in [4.78, 5) is 39.0. The molecule has 4 aliphatic heterocycles. The summed E-state index contributed by atoms with van der Waals surface area (Å²) >= 11 is 0. The highest BCUT2D eigenvalue weighted by atomic mass is 16.6. The maximum absolute atomic E-state index is 13.6. The van der Waals surface area contributed by atoms with Crippen LogP contribution in [0.1, 0.15) is 70.7 Å². The minimum atomic E-state index is -2.14. The number of hydrogen-bond donors (Lipinski definition) is 4. The standard InChI is InChI=1S/C22H20O10/c1-5-11-15(21-8(30-5)4-10(24)32-21)19(27)13-14(17(11)25)20(28)16-12(18(13)26)7-3-9(23)22(16,29)6(2)31-7/h5-9,21,23,25,27,29H,3-4H2,1-2H3/t5-,6+,7+,8-,9+,21+,22+/m0/s1. The van der Waals surface area contributed by atoms with Crippen molar-refractivity contribution in [2.75, 3.05) is 0 Å². The number of carbonyl (C=O) groups excluding carboxylic acids is 3. The van der Waals surface area contributed by atoms with Crippen LogP contribution in [0.4, 0.5) is 0 Å². The fourth-order valence-electron chi connectivity index (χ4n) is 5.95. The first-order valence-corrected chi connectivity index (χ1v) is 10.4. The van der Waals surface area contributed by atoms with Crippen LogP contribution in [0.15, 0.2) is 11.1 Å². The second-order valence-corrected chi connectivity index (χ2v) is 9.00. The first-order chi connectivity index (χ1) is 15.1. The number of aromatic hydroxyl groups is 2. The monoisotopic (exact) mass is 444 g/mol. The molecule has 168 valence electrons. The fraction of sp³-hybridized carbons (Fsp3) is 0.500. The highest BCUT2D eigenvalue weighted by Gasteiger charge is 2.62. The summed E-state index contributed by atoms with van der Waals surface area (Å²) in [5.74, 6) is -3.36. The number of benzene rings is 1. The number of ketones is 2. The third-order valence-corrected chi connectivity index (χ3v) is 7.41. The van der Waals surface area contributed by atoms with E-state index in [-0.39, 0.29) is 35.1 Å². The average molecular weight is 444 g/mol. The smallest absolute Gasteiger partial charge is 0.309 e. The summed E-state index contributed by atoms with van der Waals surface area (Å²) in [5, 5.41) is 44.0. The van der Waals surface area contributed by atoms with Gasteiger partial charge in [-0.25, -0.2) is 0 Å². The zero-order valence-corrected chi connectivity index (χ0v) is 17.1. The van der Waals surface area contributed by atoms with Gasteiger partial charge in [0, 0.05) is 28.7 Å². The van der Waals surface area contributed by atoms with Crippen LogP contribution in [-0.2, 0) is 19.0 Å². The normalized spacial score (nSPS) is 39.4. The molecule has 0 unspecified atom stereocenters. The molecule has 32 heavy (non-hydrogen) atoms. The molecule has 0 radical (unpaired) electrons. The van der Waals surface area contributed by atoms with Crippen molar-refractivity contribution in [3.05, 3.63) is 33.4 Å². The molecule has 7 rings (SSSR count). The van der Waals surface area contributed by atoms with E-state index in [4.69, 9.17) is 14.2 Å². The molecule has 10 nitrogen and oxygen atoms in total. The van der Waals surface area contributed by atoms with Crippen molar-refractivity contribution in [1.82, 2.24) is 0 Å². The minimum Gasteiger partial charge on any atom is -0.507 e. The number of fused-ring (bicyclic) bond motifs is 6. The summed E-state index contributed by atoms with van der Waals surface area (Å²) in [7, 11) is 0. The SMILES string of the molecule is C[C@@H]1O[C@H]2CC(=O)O[C@H]2c2c(O)c3c(c(O)c21)C(=O)C1=C(C3=O)[C@H]2C[C@@H](O)[C@]1(O)[C@@H](C)O2. The highest BCUT2D eigenvalue weighted by molar-refractivity contribution is 6.30. The number of aliphatic hydroxyl groups excluding tert-OH is 1. The molecule has 4 heterocycles. The van der Waals surface area contributed by atoms with Crippen molar-refractivity contribution in [3.8, 4) is 11.5 Å². The Hall–Kier alpha value is -2.79. The van der Waals surface area contributed by atoms with E-state index in [1.54, 1.807) is 6.92 Å². The van der Waals surface area contributed by atoms with Crippen LogP contribution in [0, 0.1) is 0 Å². The predicted molar refractivity (Wildman–Crippen MR) is 102 cm³/mol. The molecule has 0 spiro atoms. The quantitative estimate of drug-likeness (QED) is 0.328. The van der Waals surface area contributed by atoms with E-state index in [9.17, 15) is 34.8 Å². The lowest BCUT2D eigenvalue weighted by Crippen LogP contribution is -2.66. The van der Waals surface area contributed by atoms with E-state index in [1.807, 2.05) is 0 Å². The van der Waals surface area contributed by atoms with Crippen molar-refractivity contribution in [2.24, 2.45) is 0 Å². The Kier molecular flexibility index (Phi) is 3.70. The van der Waals surface area contributed by atoms with Gasteiger partial charge in [0.15, 0.2) is 17.7 Å². The molecule has 0 amide bonds. The number of hydrogen-bond acceptors (Lipinski definition) is 10. The minimum absolute atomic E-state index is 0.0371. The first-order valence-electron chi connectivity index (χ1n) is 10.4. The van der Waals surface area contributed by atoms with Gasteiger partial charge in [0.25, 0.3) is 0 Å². The third-order valence-electron chi connectivity index (χ3n) is 7.41. The van der Waals surface area contributed by atoms with Gasteiger partial charge in [-0.15, -0.1) is 0 Å². The molecule has 2 aliphatic carbocycles. The summed E-state index contributed by atoms with van der Waals surface area (Å²) in [6, 6.07) is 0. The van der Waals surface area contributed by atoms with Gasteiger partial charge in [0.1, 0.15) is 23.2 Å². The fourth-order valence-corrected chi connectivity index (χ4v) is 5.95. The second kappa shape index (κ2) is 5.96. The van der Waals surface area contributed by atoms with Crippen molar-refractivity contribution >= 4 is 17.5 Å². The van der Waals surface area contributed by atoms with Crippen LogP contribution in [0.3, 0.4) is 0 Å². The number of carbonyl (C=O) groups is 3. The molecule has 7 atom stereocenters. The van der Waals surface area contributed by atoms with Gasteiger partial charge < -0.3 is 34.6 Å². The number of phenols is 2. The molecular weight excluding hydrogens is 424 g/mol. The summed E-state index contributed by atoms with van der Waals surface area (Å²) in [6.07, 6.45) is -5.97. The largest absolute Gasteiger partial charge is 0.507 e. The molecule has 4 N–H and O–H groups in total. The van der Waals surface area contributed by atoms with Crippen LogP contribution in [0.2, 0.25) is 0 Å². The Labute approximate surface area is 181 Å². The molecular formula is C22H20O10. The zero-order chi connectivity index (χ0) is 22.9. The molecule has 2 bridgehead atoms. The highest BCUT2D eigenvalue weighted by Crippen LogP contribution is 2.57. The van der Waals surface area contributed by atoms with Gasteiger partial charge >= 0.3 is 5.97 Å². The van der Waals surface area contributed by atoms with E-state index in [0.29, 0.717) is 0 Å². The van der Waals surface area contributed by atoms with E-state index in [2.05, 4.69) is 0 Å². The van der Waals surface area contributed by atoms with Gasteiger partial charge in [-0.1, -0.05) is 0 Å². The van der Waals surface area contributed by atoms with Crippen LogP contribution in [0.5, 0.6) is 11.5 Å². The van der Waals surface area contributed by atoms with Crippen LogP contribution >= 0.6 is 0 Å². The number of Topliss-reactive ketones (excluding diaryl/α,β-unsaturated/α-hetero) is 2. The lowest BCUT2D eigenvalue weighted by Gasteiger charge is -2.52. The Morgan fingerprint density at radius 1 is 0.969 bits per heavy atom. The summed E-state index contributed by atoms with van der Waals surface area (Å²) in [6.45, 7) is 3.07. The van der Waals surface area contributed by atoms with Gasteiger partial charge in [-0.3, -0.25) is 14.4 Å². The number of rotatable bonds is 0. The van der Waals surface area contributed by atoms with Crippen molar-refractivity contribution in [1.29, 1.82) is 0 Å². The van der Waals surface area contributed by atoms with E-state index < -0.39 is 82.4 Å². The van der Waals surface area contributed by atoms with Gasteiger partial charge in [0.2, 0.25) is 0 Å². The van der Waals surface area contributed by atoms with Gasteiger partial charge in [-0.05, 0) is 13.8 Å². The second-order valence-electron chi connectivity index (χ2n) is 9.00. The molecule has 2 fully saturated rings. The summed E-state index contributed by atoms with van der Waals surface area (Å²) in [5.41, 5.74) is -3.41. The Morgan fingerprint density at radius 3 is 2.31 bits per heavy atom. The van der Waals surface area contributed by atoms with E-state index in [0.717, 1.165) is 0 Å². The van der Waals surface area contributed by atoms with Crippen molar-refractivity contribution in [2.45, 2.75) is 68.9 Å². The van der Waals surface area contributed by atoms with Crippen molar-refractivity contribution in [3.63, 3.8) is 0 Å². The number of phenolic OH excluding ortho intramolecular Hbond substituents is 2. The number of esters is 1. The Balaban J connectivity index is 1.64.